The summed E-state index contributed by atoms with van der Waals surface area (Å²) < 4.78 is 43.4. The van der Waals surface area contributed by atoms with Crippen LogP contribution < -0.4 is 4.90 Å². The van der Waals surface area contributed by atoms with Crippen molar-refractivity contribution >= 4 is 16.5 Å². The minimum absolute atomic E-state index is 0.126. The Labute approximate surface area is 112 Å². The molecule has 0 unspecified atom stereocenters. The molecule has 106 valence electrons. The molecule has 1 aromatic rings. The number of morpholine rings is 1. The third-order valence-electron chi connectivity index (χ3n) is 3.63. The van der Waals surface area contributed by atoms with Gasteiger partial charge in [-0.25, -0.2) is 0 Å². The van der Waals surface area contributed by atoms with Gasteiger partial charge in [0.25, 0.3) is 0 Å². The number of hydrogen-bond acceptors (Lipinski definition) is 5. The third kappa shape index (κ3) is 2.55. The van der Waals surface area contributed by atoms with Crippen molar-refractivity contribution in [2.45, 2.75) is 44.0 Å². The third-order valence-corrected chi connectivity index (χ3v) is 4.64. The summed E-state index contributed by atoms with van der Waals surface area (Å²) >= 11 is 0.625. The largest absolute Gasteiger partial charge is 0.445 e. The first-order chi connectivity index (χ1) is 9.05. The van der Waals surface area contributed by atoms with Crippen LogP contribution in [-0.4, -0.2) is 35.5 Å². The Morgan fingerprint density at radius 2 is 2.00 bits per heavy atom. The van der Waals surface area contributed by atoms with Crippen molar-refractivity contribution < 1.29 is 17.9 Å². The van der Waals surface area contributed by atoms with E-state index < -0.39 is 11.2 Å². The van der Waals surface area contributed by atoms with Gasteiger partial charge in [-0.15, -0.1) is 10.2 Å². The van der Waals surface area contributed by atoms with Crippen molar-refractivity contribution in [2.75, 3.05) is 18.1 Å². The second-order valence-electron chi connectivity index (χ2n) is 4.84. The molecule has 0 spiro atoms. The summed E-state index contributed by atoms with van der Waals surface area (Å²) in [6.07, 6.45) is -0.141. The molecule has 0 radical (unpaired) electrons. The van der Waals surface area contributed by atoms with Crippen LogP contribution in [-0.2, 0) is 10.9 Å². The number of aromatic nitrogens is 2. The molecule has 1 aromatic heterocycles. The van der Waals surface area contributed by atoms with Gasteiger partial charge < -0.3 is 9.64 Å². The summed E-state index contributed by atoms with van der Waals surface area (Å²) in [7, 11) is 0. The van der Waals surface area contributed by atoms with E-state index in [1.807, 2.05) is 4.90 Å². The Morgan fingerprint density at radius 1 is 1.21 bits per heavy atom. The lowest BCUT2D eigenvalue weighted by atomic mass is 9.90. The lowest BCUT2D eigenvalue weighted by molar-refractivity contribution is -0.138. The van der Waals surface area contributed by atoms with Gasteiger partial charge in [0.05, 0.1) is 18.8 Å². The molecule has 1 aliphatic carbocycles. The molecule has 0 aromatic carbocycles. The Bertz CT molecular complexity index is 449. The summed E-state index contributed by atoms with van der Waals surface area (Å²) in [5.74, 6) is 0. The van der Waals surface area contributed by atoms with Crippen molar-refractivity contribution in [1.82, 2.24) is 10.2 Å². The molecule has 1 saturated heterocycles. The van der Waals surface area contributed by atoms with Gasteiger partial charge in [-0.1, -0.05) is 24.2 Å². The highest BCUT2D eigenvalue weighted by Gasteiger charge is 2.39. The van der Waals surface area contributed by atoms with Gasteiger partial charge >= 0.3 is 6.18 Å². The fourth-order valence-corrected chi connectivity index (χ4v) is 3.58. The van der Waals surface area contributed by atoms with Gasteiger partial charge in [0.15, 0.2) is 0 Å². The molecule has 4 nitrogen and oxygen atoms in total. The average molecular weight is 293 g/mol. The zero-order valence-electron chi connectivity index (χ0n) is 10.2. The van der Waals surface area contributed by atoms with E-state index in [2.05, 4.69) is 10.2 Å². The number of nitrogens with zero attached hydrogens (tertiary/aromatic N) is 3. The van der Waals surface area contributed by atoms with Crippen LogP contribution in [0.15, 0.2) is 0 Å². The van der Waals surface area contributed by atoms with E-state index in [-0.39, 0.29) is 12.1 Å². The number of fused-ring (bicyclic) bond motifs is 1. The Balaban J connectivity index is 1.82. The lowest BCUT2D eigenvalue weighted by Crippen LogP contribution is -2.52. The van der Waals surface area contributed by atoms with E-state index in [0.717, 1.165) is 25.7 Å². The molecule has 8 heteroatoms. The first kappa shape index (κ1) is 13.1. The van der Waals surface area contributed by atoms with Crippen LogP contribution in [0, 0.1) is 0 Å². The van der Waals surface area contributed by atoms with E-state index in [1.54, 1.807) is 0 Å². The minimum Gasteiger partial charge on any atom is -0.374 e. The number of hydrogen-bond donors (Lipinski definition) is 0. The highest BCUT2D eigenvalue weighted by atomic mass is 32.1. The molecule has 0 N–H and O–H groups in total. The van der Waals surface area contributed by atoms with Crippen LogP contribution >= 0.6 is 11.3 Å². The number of alkyl halides is 3. The summed E-state index contributed by atoms with van der Waals surface area (Å²) in [6, 6.07) is 0.150. The standard InChI is InChI=1S/C11H14F3N3OS/c12-11(13,14)9-15-16-10(19-9)17-5-6-18-8-4-2-1-3-7(8)17/h7-8H,1-6H2/t7-,8+/m0/s1. The van der Waals surface area contributed by atoms with Crippen molar-refractivity contribution in [2.24, 2.45) is 0 Å². The quantitative estimate of drug-likeness (QED) is 0.798. The molecular weight excluding hydrogens is 279 g/mol. The predicted molar refractivity (Wildman–Crippen MR) is 64.3 cm³/mol. The molecule has 2 heterocycles. The number of ether oxygens (including phenoxy) is 1. The smallest absolute Gasteiger partial charge is 0.374 e. The second-order valence-corrected chi connectivity index (χ2v) is 5.80. The second kappa shape index (κ2) is 4.90. The van der Waals surface area contributed by atoms with Crippen LogP contribution in [0.3, 0.4) is 0 Å². The van der Waals surface area contributed by atoms with Crippen molar-refractivity contribution in [3.8, 4) is 0 Å². The maximum Gasteiger partial charge on any atom is 0.445 e. The van der Waals surface area contributed by atoms with Crippen LogP contribution in [0.5, 0.6) is 0 Å². The van der Waals surface area contributed by atoms with Gasteiger partial charge in [-0.2, -0.15) is 13.2 Å². The highest BCUT2D eigenvalue weighted by Crippen LogP contribution is 2.37. The minimum atomic E-state index is -4.41. The lowest BCUT2D eigenvalue weighted by Gasteiger charge is -2.43. The molecule has 0 bridgehead atoms. The van der Waals surface area contributed by atoms with Gasteiger partial charge in [0.1, 0.15) is 0 Å². The molecule has 1 aliphatic heterocycles. The SMILES string of the molecule is FC(F)(F)c1nnc(N2CCO[C@@H]3CCCC[C@@H]32)s1. The molecule has 2 aliphatic rings. The van der Waals surface area contributed by atoms with Crippen molar-refractivity contribution in [1.29, 1.82) is 0 Å². The average Bonchev–Trinajstić information content (AvgIpc) is 2.87. The summed E-state index contributed by atoms with van der Waals surface area (Å²) in [6.45, 7) is 1.13. The monoisotopic (exact) mass is 293 g/mol. The molecule has 2 atom stereocenters. The van der Waals surface area contributed by atoms with Crippen molar-refractivity contribution in [3.63, 3.8) is 0 Å². The Kier molecular flexibility index (Phi) is 3.38. The summed E-state index contributed by atoms with van der Waals surface area (Å²) in [5.41, 5.74) is 0. The molecule has 0 amide bonds. The number of rotatable bonds is 1. The predicted octanol–water partition coefficient (Wildman–Crippen LogP) is 2.70. The van der Waals surface area contributed by atoms with Crippen LogP contribution in [0.25, 0.3) is 0 Å². The molecule has 1 saturated carbocycles. The van der Waals surface area contributed by atoms with Crippen LogP contribution in [0.4, 0.5) is 18.3 Å². The Hall–Kier alpha value is -0.890. The van der Waals surface area contributed by atoms with Gasteiger partial charge in [0, 0.05) is 6.54 Å². The van der Waals surface area contributed by atoms with E-state index >= 15 is 0 Å². The van der Waals surface area contributed by atoms with Gasteiger partial charge in [0.2, 0.25) is 10.1 Å². The zero-order chi connectivity index (χ0) is 13.5. The van der Waals surface area contributed by atoms with Crippen LogP contribution in [0.2, 0.25) is 0 Å². The molecule has 3 rings (SSSR count). The summed E-state index contributed by atoms with van der Waals surface area (Å²) in [5, 5.41) is 6.47. The fourth-order valence-electron chi connectivity index (χ4n) is 2.78. The molecule has 2 fully saturated rings. The molecule has 19 heavy (non-hydrogen) atoms. The molecular formula is C11H14F3N3OS. The van der Waals surface area contributed by atoms with E-state index in [4.69, 9.17) is 4.74 Å². The Morgan fingerprint density at radius 3 is 2.74 bits per heavy atom. The van der Waals surface area contributed by atoms with E-state index in [9.17, 15) is 13.2 Å². The summed E-state index contributed by atoms with van der Waals surface area (Å²) in [4.78, 5) is 1.94. The van der Waals surface area contributed by atoms with Crippen molar-refractivity contribution in [3.05, 3.63) is 5.01 Å². The topological polar surface area (TPSA) is 38.2 Å². The number of halogens is 3. The van der Waals surface area contributed by atoms with E-state index in [1.165, 1.54) is 0 Å². The van der Waals surface area contributed by atoms with Crippen LogP contribution in [0.1, 0.15) is 30.7 Å². The highest BCUT2D eigenvalue weighted by molar-refractivity contribution is 7.15. The first-order valence-corrected chi connectivity index (χ1v) is 7.16. The first-order valence-electron chi connectivity index (χ1n) is 6.34. The maximum absolute atomic E-state index is 12.6. The van der Waals surface area contributed by atoms with E-state index in [0.29, 0.717) is 29.6 Å². The van der Waals surface area contributed by atoms with Gasteiger partial charge in [-0.05, 0) is 12.8 Å². The maximum atomic E-state index is 12.6. The normalized spacial score (nSPS) is 28.3. The fraction of sp³-hybridized carbons (Fsp3) is 0.818. The number of anilines is 1. The van der Waals surface area contributed by atoms with Gasteiger partial charge in [-0.3, -0.25) is 0 Å². The zero-order valence-corrected chi connectivity index (χ0v) is 11.0.